The molecule has 0 bridgehead atoms. The zero-order valence-electron chi connectivity index (χ0n) is 9.19. The van der Waals surface area contributed by atoms with Gasteiger partial charge in [-0.05, 0) is 12.8 Å². The maximum Gasteiger partial charge on any atom is 0.0874 e. The maximum absolute atomic E-state index is 4.90. The van der Waals surface area contributed by atoms with Crippen molar-refractivity contribution in [2.45, 2.75) is 12.8 Å². The molecule has 0 atom stereocenters. The normalized spacial score (nSPS) is 7.47. The van der Waals surface area contributed by atoms with E-state index in [0.717, 1.165) is 26.1 Å². The third-order valence-electron chi connectivity index (χ3n) is 1.20. The number of unbranched alkanes of at least 4 members (excludes halogenated alkanes) is 1. The van der Waals surface area contributed by atoms with Crippen LogP contribution in [0.15, 0.2) is 51.4 Å². The van der Waals surface area contributed by atoms with Crippen LogP contribution in [0.25, 0.3) is 0 Å². The summed E-state index contributed by atoms with van der Waals surface area (Å²) in [6.45, 7) is 14.8. The predicted molar refractivity (Wildman–Crippen MR) is 63.0 cm³/mol. The monoisotopic (exact) mass is 212 g/mol. The van der Waals surface area contributed by atoms with E-state index in [1.54, 1.807) is 0 Å². The van der Waals surface area contributed by atoms with Crippen molar-refractivity contribution in [2.75, 3.05) is 13.2 Å². The highest BCUT2D eigenvalue weighted by Gasteiger charge is 1.85. The predicted octanol–water partition coefficient (Wildman–Crippen LogP) is 3.38. The summed E-state index contributed by atoms with van der Waals surface area (Å²) in [6.07, 6.45) is 7.53. The summed E-state index contributed by atoms with van der Waals surface area (Å²) in [7, 11) is 0. The first-order valence-corrected chi connectivity index (χ1v) is 4.65. The van der Waals surface area contributed by atoms with Gasteiger partial charge in [-0.25, -0.2) is 0 Å². The summed E-state index contributed by atoms with van der Waals surface area (Å²) < 4.78 is 14.2. The Hall–Kier alpha value is -1.64. The minimum Gasteiger partial charge on any atom is -0.502 e. The molecule has 0 aliphatic carbocycles. The molecule has 0 fully saturated rings. The topological polar surface area (TPSA) is 27.7 Å². The summed E-state index contributed by atoms with van der Waals surface area (Å²) in [5.74, 6) is 0. The van der Waals surface area contributed by atoms with Gasteiger partial charge in [0.1, 0.15) is 0 Å². The van der Waals surface area contributed by atoms with E-state index in [9.17, 15) is 0 Å². The molecule has 3 heteroatoms. The Balaban J connectivity index is 0. The minimum absolute atomic E-state index is 0.726. The number of rotatable bonds is 9. The second kappa shape index (κ2) is 18.2. The highest BCUT2D eigenvalue weighted by molar-refractivity contribution is 4.57. The van der Waals surface area contributed by atoms with Crippen LogP contribution in [-0.2, 0) is 14.2 Å². The Labute approximate surface area is 92.3 Å². The van der Waals surface area contributed by atoms with Gasteiger partial charge in [-0.3, -0.25) is 0 Å². The highest BCUT2D eigenvalue weighted by atomic mass is 16.5. The lowest BCUT2D eigenvalue weighted by atomic mass is 10.3. The second-order valence-corrected chi connectivity index (χ2v) is 2.25. The van der Waals surface area contributed by atoms with Crippen LogP contribution < -0.4 is 0 Å². The first kappa shape index (κ1) is 15.8. The molecule has 3 nitrogen and oxygen atoms in total. The van der Waals surface area contributed by atoms with Gasteiger partial charge in [0.2, 0.25) is 0 Å². The Bertz CT molecular complexity index is 146. The molecule has 0 aromatic heterocycles. The number of hydrogen-bond acceptors (Lipinski definition) is 3. The molecule has 0 saturated carbocycles. The average molecular weight is 212 g/mol. The summed E-state index contributed by atoms with van der Waals surface area (Å²) in [6, 6.07) is 0. The Morgan fingerprint density at radius 1 is 0.667 bits per heavy atom. The van der Waals surface area contributed by atoms with Gasteiger partial charge in [-0.15, -0.1) is 0 Å². The molecule has 15 heavy (non-hydrogen) atoms. The molecule has 0 saturated heterocycles. The third-order valence-corrected chi connectivity index (χ3v) is 1.20. The van der Waals surface area contributed by atoms with Gasteiger partial charge >= 0.3 is 0 Å². The molecule has 0 heterocycles. The van der Waals surface area contributed by atoms with E-state index in [1.165, 1.54) is 25.0 Å². The molecular weight excluding hydrogens is 192 g/mol. The Morgan fingerprint density at radius 3 is 1.27 bits per heavy atom. The van der Waals surface area contributed by atoms with Gasteiger partial charge in [0.15, 0.2) is 0 Å². The van der Waals surface area contributed by atoms with Crippen LogP contribution in [-0.4, -0.2) is 13.2 Å². The molecule has 86 valence electrons. The van der Waals surface area contributed by atoms with E-state index < -0.39 is 0 Å². The van der Waals surface area contributed by atoms with Crippen molar-refractivity contribution in [1.29, 1.82) is 0 Å². The van der Waals surface area contributed by atoms with Crippen molar-refractivity contribution in [1.82, 2.24) is 0 Å². The van der Waals surface area contributed by atoms with E-state index in [-0.39, 0.29) is 0 Å². The van der Waals surface area contributed by atoms with Gasteiger partial charge in [0, 0.05) is 0 Å². The van der Waals surface area contributed by atoms with Gasteiger partial charge in [-0.1, -0.05) is 26.3 Å². The average Bonchev–Trinajstić information content (AvgIpc) is 2.25. The van der Waals surface area contributed by atoms with Gasteiger partial charge in [0.05, 0.1) is 38.3 Å². The fourth-order valence-corrected chi connectivity index (χ4v) is 0.605. The molecule has 0 aliphatic heterocycles. The minimum atomic E-state index is 0.726. The van der Waals surface area contributed by atoms with E-state index in [1.807, 2.05) is 0 Å². The third kappa shape index (κ3) is 24.5. The fraction of sp³-hybridized carbons (Fsp3) is 0.333. The van der Waals surface area contributed by atoms with Crippen molar-refractivity contribution < 1.29 is 14.2 Å². The standard InChI is InChI=1S/C8H14O2.C4H6O/c1-3-9-7-5-6-8-10-4-2;1-3-5-4-2/h3-4H,1-2,5-8H2;3-4H,1-2H2. The van der Waals surface area contributed by atoms with Crippen molar-refractivity contribution in [3.05, 3.63) is 51.4 Å². The van der Waals surface area contributed by atoms with E-state index in [4.69, 9.17) is 9.47 Å². The van der Waals surface area contributed by atoms with E-state index in [0.29, 0.717) is 0 Å². The van der Waals surface area contributed by atoms with Crippen LogP contribution in [0.3, 0.4) is 0 Å². The maximum atomic E-state index is 4.90. The van der Waals surface area contributed by atoms with Crippen LogP contribution in [0.4, 0.5) is 0 Å². The van der Waals surface area contributed by atoms with Crippen LogP contribution in [0.5, 0.6) is 0 Å². The molecule has 0 amide bonds. The summed E-state index contributed by atoms with van der Waals surface area (Å²) >= 11 is 0. The molecule has 0 aromatic carbocycles. The molecule has 0 aliphatic rings. The smallest absolute Gasteiger partial charge is 0.0874 e. The van der Waals surface area contributed by atoms with Crippen LogP contribution in [0, 0.1) is 0 Å². The fourth-order valence-electron chi connectivity index (χ4n) is 0.605. The lowest BCUT2D eigenvalue weighted by molar-refractivity contribution is 0.206. The van der Waals surface area contributed by atoms with E-state index >= 15 is 0 Å². The Kier molecular flexibility index (Phi) is 19.2. The lowest BCUT2D eigenvalue weighted by Crippen LogP contribution is -1.91. The molecule has 0 rings (SSSR count). The van der Waals surface area contributed by atoms with Crippen LogP contribution in [0.2, 0.25) is 0 Å². The zero-order chi connectivity index (χ0) is 11.8. The van der Waals surface area contributed by atoms with Gasteiger partial charge in [0.25, 0.3) is 0 Å². The summed E-state index contributed by atoms with van der Waals surface area (Å²) in [4.78, 5) is 0. The largest absolute Gasteiger partial charge is 0.502 e. The first-order chi connectivity index (χ1) is 7.33. The van der Waals surface area contributed by atoms with Gasteiger partial charge in [-0.2, -0.15) is 0 Å². The molecule has 0 radical (unpaired) electrons. The first-order valence-electron chi connectivity index (χ1n) is 4.65. The van der Waals surface area contributed by atoms with Crippen molar-refractivity contribution >= 4 is 0 Å². The summed E-state index contributed by atoms with van der Waals surface area (Å²) in [5, 5.41) is 0. The Morgan fingerprint density at radius 2 is 1.07 bits per heavy atom. The van der Waals surface area contributed by atoms with Crippen LogP contribution in [0.1, 0.15) is 12.8 Å². The number of ether oxygens (including phenoxy) is 3. The van der Waals surface area contributed by atoms with E-state index in [2.05, 4.69) is 31.1 Å². The van der Waals surface area contributed by atoms with Crippen LogP contribution >= 0.6 is 0 Å². The zero-order valence-corrected chi connectivity index (χ0v) is 9.19. The number of hydrogen-bond donors (Lipinski definition) is 0. The van der Waals surface area contributed by atoms with Gasteiger partial charge < -0.3 is 14.2 Å². The molecule has 0 aromatic rings. The molecule has 0 N–H and O–H groups in total. The summed E-state index contributed by atoms with van der Waals surface area (Å²) in [5.41, 5.74) is 0. The molecular formula is C12H20O3. The highest BCUT2D eigenvalue weighted by Crippen LogP contribution is 1.91. The second-order valence-electron chi connectivity index (χ2n) is 2.25. The van der Waals surface area contributed by atoms with Crippen molar-refractivity contribution in [3.8, 4) is 0 Å². The quantitative estimate of drug-likeness (QED) is 0.433. The molecule has 0 unspecified atom stereocenters. The lowest BCUT2D eigenvalue weighted by Gasteiger charge is -1.99. The van der Waals surface area contributed by atoms with Crippen molar-refractivity contribution in [3.63, 3.8) is 0 Å². The SMILES string of the molecule is C=COC=C.C=COCCCCOC=C. The van der Waals surface area contributed by atoms with Crippen molar-refractivity contribution in [2.24, 2.45) is 0 Å². The molecule has 0 spiro atoms.